The Hall–Kier alpha value is -1.57. The Balaban J connectivity index is 2.16. The van der Waals surface area contributed by atoms with Crippen LogP contribution >= 0.6 is 11.3 Å². The summed E-state index contributed by atoms with van der Waals surface area (Å²) in [7, 11) is -3.66. The van der Waals surface area contributed by atoms with Gasteiger partial charge >= 0.3 is 0 Å². The van der Waals surface area contributed by atoms with Crippen molar-refractivity contribution in [3.63, 3.8) is 0 Å². The molecule has 0 atom stereocenters. The van der Waals surface area contributed by atoms with Crippen LogP contribution in [0.4, 0.5) is 5.69 Å². The van der Waals surface area contributed by atoms with Crippen LogP contribution in [0.1, 0.15) is 18.7 Å². The van der Waals surface area contributed by atoms with E-state index in [0.717, 1.165) is 4.88 Å². The van der Waals surface area contributed by atoms with Crippen LogP contribution in [0.15, 0.2) is 40.6 Å². The van der Waals surface area contributed by atoms with Gasteiger partial charge in [-0.15, -0.1) is 11.3 Å². The number of thiophene rings is 1. The second-order valence-electron chi connectivity index (χ2n) is 5.41. The van der Waals surface area contributed by atoms with Crippen molar-refractivity contribution in [2.24, 2.45) is 0 Å². The summed E-state index contributed by atoms with van der Waals surface area (Å²) < 4.78 is 27.1. The van der Waals surface area contributed by atoms with Gasteiger partial charge in [-0.05, 0) is 29.6 Å². The molecule has 0 unspecified atom stereocenters. The molecule has 0 bridgehead atoms. The summed E-state index contributed by atoms with van der Waals surface area (Å²) >= 11 is 1.59. The number of hydrogen-bond donors (Lipinski definition) is 3. The molecular weight excluding hydrogens is 308 g/mol. The van der Waals surface area contributed by atoms with Crippen molar-refractivity contribution < 1.29 is 13.5 Å². The first-order chi connectivity index (χ1) is 9.72. The van der Waals surface area contributed by atoms with Gasteiger partial charge in [0, 0.05) is 16.8 Å². The molecule has 0 saturated heterocycles. The highest BCUT2D eigenvalue weighted by molar-refractivity contribution is 7.89. The molecule has 0 aliphatic carbocycles. The molecule has 0 aliphatic heterocycles. The molecule has 0 fully saturated rings. The normalized spacial score (nSPS) is 12.5. The van der Waals surface area contributed by atoms with Gasteiger partial charge in [0.1, 0.15) is 5.75 Å². The first-order valence-corrected chi connectivity index (χ1v) is 8.71. The summed E-state index contributed by atoms with van der Waals surface area (Å²) in [4.78, 5) is 1.15. The Kier molecular flexibility index (Phi) is 4.27. The zero-order valence-corrected chi connectivity index (χ0v) is 13.5. The average molecular weight is 326 g/mol. The topological polar surface area (TPSA) is 92.4 Å². The van der Waals surface area contributed by atoms with E-state index in [2.05, 4.69) is 4.72 Å². The third-order valence-corrected chi connectivity index (χ3v) is 5.84. The highest BCUT2D eigenvalue weighted by atomic mass is 32.2. The maximum absolute atomic E-state index is 12.3. The Morgan fingerprint density at radius 1 is 1.33 bits per heavy atom. The number of aromatic hydroxyl groups is 1. The van der Waals surface area contributed by atoms with Gasteiger partial charge in [-0.3, -0.25) is 0 Å². The van der Waals surface area contributed by atoms with Crippen LogP contribution < -0.4 is 10.5 Å². The zero-order chi connectivity index (χ0) is 15.7. The van der Waals surface area contributed by atoms with Gasteiger partial charge in [0.05, 0.1) is 10.6 Å². The fraction of sp³-hybridized carbons (Fsp3) is 0.286. The van der Waals surface area contributed by atoms with Crippen molar-refractivity contribution in [2.75, 3.05) is 12.3 Å². The van der Waals surface area contributed by atoms with Gasteiger partial charge in [-0.1, -0.05) is 19.9 Å². The van der Waals surface area contributed by atoms with Crippen LogP contribution in [0.2, 0.25) is 0 Å². The van der Waals surface area contributed by atoms with E-state index in [1.165, 1.54) is 18.2 Å². The van der Waals surface area contributed by atoms with E-state index in [1.807, 2.05) is 31.4 Å². The van der Waals surface area contributed by atoms with Crippen molar-refractivity contribution in [1.29, 1.82) is 0 Å². The minimum atomic E-state index is -3.66. The van der Waals surface area contributed by atoms with Crippen molar-refractivity contribution in [3.05, 3.63) is 40.6 Å². The number of nitrogens with one attached hydrogen (secondary N) is 1. The molecule has 1 heterocycles. The van der Waals surface area contributed by atoms with E-state index < -0.39 is 10.0 Å². The number of anilines is 1. The summed E-state index contributed by atoms with van der Waals surface area (Å²) in [6.45, 7) is 4.23. The first-order valence-electron chi connectivity index (χ1n) is 6.34. The van der Waals surface area contributed by atoms with Crippen LogP contribution in [-0.4, -0.2) is 20.1 Å². The van der Waals surface area contributed by atoms with Crippen molar-refractivity contribution in [1.82, 2.24) is 4.72 Å². The summed E-state index contributed by atoms with van der Waals surface area (Å²) in [5.74, 6) is -0.132. The minimum absolute atomic E-state index is 0.0374. The van der Waals surface area contributed by atoms with Crippen LogP contribution in [0.5, 0.6) is 5.75 Å². The lowest BCUT2D eigenvalue weighted by atomic mass is 9.92. The van der Waals surface area contributed by atoms with E-state index >= 15 is 0 Å². The van der Waals surface area contributed by atoms with Gasteiger partial charge < -0.3 is 10.8 Å². The molecule has 0 aliphatic rings. The van der Waals surface area contributed by atoms with E-state index in [-0.39, 0.29) is 28.3 Å². The number of hydrogen-bond acceptors (Lipinski definition) is 5. The highest BCUT2D eigenvalue weighted by Crippen LogP contribution is 2.28. The molecule has 2 rings (SSSR count). The van der Waals surface area contributed by atoms with E-state index in [1.54, 1.807) is 11.3 Å². The fourth-order valence-corrected chi connectivity index (χ4v) is 3.91. The predicted octanol–water partition coefficient (Wildman–Crippen LogP) is 2.29. The van der Waals surface area contributed by atoms with Gasteiger partial charge in [-0.2, -0.15) is 0 Å². The molecule has 0 radical (unpaired) electrons. The quantitative estimate of drug-likeness (QED) is 0.580. The summed E-state index contributed by atoms with van der Waals surface area (Å²) in [5.41, 5.74) is 5.27. The standard InChI is InChI=1S/C14H18N2O3S2/c1-14(2,13-4-3-7-20-13)9-16-21(18,19)10-5-6-12(17)11(15)8-10/h3-8,16-17H,9,15H2,1-2H3. The molecule has 0 spiro atoms. The Bertz CT molecular complexity index is 723. The van der Waals surface area contributed by atoms with Crippen molar-refractivity contribution in [2.45, 2.75) is 24.2 Å². The van der Waals surface area contributed by atoms with Gasteiger partial charge in [0.2, 0.25) is 10.0 Å². The maximum Gasteiger partial charge on any atom is 0.240 e. The van der Waals surface area contributed by atoms with Crippen LogP contribution in [0, 0.1) is 0 Å². The molecule has 0 amide bonds. The van der Waals surface area contributed by atoms with E-state index in [4.69, 9.17) is 5.73 Å². The Morgan fingerprint density at radius 3 is 2.62 bits per heavy atom. The van der Waals surface area contributed by atoms with E-state index in [0.29, 0.717) is 0 Å². The number of phenols is 1. The molecule has 4 N–H and O–H groups in total. The second kappa shape index (κ2) is 5.67. The first kappa shape index (κ1) is 15.8. The number of nitrogen functional groups attached to an aromatic ring is 1. The molecule has 5 nitrogen and oxygen atoms in total. The van der Waals surface area contributed by atoms with Crippen LogP contribution in [0.25, 0.3) is 0 Å². The maximum atomic E-state index is 12.3. The molecule has 7 heteroatoms. The van der Waals surface area contributed by atoms with Gasteiger partial charge in [-0.25, -0.2) is 13.1 Å². The Labute approximate surface area is 128 Å². The molecule has 2 aromatic rings. The predicted molar refractivity (Wildman–Crippen MR) is 85.1 cm³/mol. The number of rotatable bonds is 5. The largest absolute Gasteiger partial charge is 0.506 e. The van der Waals surface area contributed by atoms with Gasteiger partial charge in [0.25, 0.3) is 0 Å². The number of benzene rings is 1. The monoisotopic (exact) mass is 326 g/mol. The summed E-state index contributed by atoms with van der Waals surface area (Å²) in [5, 5.41) is 11.3. The minimum Gasteiger partial charge on any atom is -0.506 e. The summed E-state index contributed by atoms with van der Waals surface area (Å²) in [6.07, 6.45) is 0. The van der Waals surface area contributed by atoms with E-state index in [9.17, 15) is 13.5 Å². The SMILES string of the molecule is CC(C)(CNS(=O)(=O)c1ccc(O)c(N)c1)c1cccs1. The van der Waals surface area contributed by atoms with Crippen molar-refractivity contribution >= 4 is 27.0 Å². The third-order valence-electron chi connectivity index (χ3n) is 3.20. The molecule has 1 aromatic heterocycles. The molecule has 1 aromatic carbocycles. The molecule has 0 saturated carbocycles. The zero-order valence-electron chi connectivity index (χ0n) is 11.8. The summed E-state index contributed by atoms with van der Waals surface area (Å²) in [6, 6.07) is 7.77. The molecule has 21 heavy (non-hydrogen) atoms. The highest BCUT2D eigenvalue weighted by Gasteiger charge is 2.25. The molecule has 114 valence electrons. The lowest BCUT2D eigenvalue weighted by Crippen LogP contribution is -2.36. The van der Waals surface area contributed by atoms with Crippen molar-refractivity contribution in [3.8, 4) is 5.75 Å². The lowest BCUT2D eigenvalue weighted by molar-refractivity contribution is 0.477. The Morgan fingerprint density at radius 2 is 2.05 bits per heavy atom. The third kappa shape index (κ3) is 3.55. The average Bonchev–Trinajstić information content (AvgIpc) is 2.94. The smallest absolute Gasteiger partial charge is 0.240 e. The number of sulfonamides is 1. The second-order valence-corrected chi connectivity index (χ2v) is 8.12. The van der Waals surface area contributed by atoms with Crippen LogP contribution in [0.3, 0.4) is 0 Å². The fourth-order valence-electron chi connectivity index (χ4n) is 1.81. The van der Waals surface area contributed by atoms with Crippen LogP contribution in [-0.2, 0) is 15.4 Å². The number of phenolic OH excluding ortho intramolecular Hbond substituents is 1. The van der Waals surface area contributed by atoms with Gasteiger partial charge in [0.15, 0.2) is 0 Å². The number of nitrogens with two attached hydrogens (primary N) is 1. The molecular formula is C14H18N2O3S2. The lowest BCUT2D eigenvalue weighted by Gasteiger charge is -2.23.